The summed E-state index contributed by atoms with van der Waals surface area (Å²) in [4.78, 5) is 34.5. The molecule has 0 aliphatic carbocycles. The number of aliphatic carboxylic acids is 1. The number of phosphoric acid groups is 1. The Labute approximate surface area is 67.6 Å². The summed E-state index contributed by atoms with van der Waals surface area (Å²) in [6.45, 7) is 0.972. The van der Waals surface area contributed by atoms with Gasteiger partial charge < -0.3 is 29.1 Å². The molecular formula is C2H3MnO6P-2. The maximum absolute atomic E-state index is 8.89. The Balaban J connectivity index is -0.0000000910. The molecule has 0 aromatic rings. The van der Waals surface area contributed by atoms with Crippen molar-refractivity contribution in [2.24, 2.45) is 0 Å². The van der Waals surface area contributed by atoms with Crippen LogP contribution in [0.1, 0.15) is 6.92 Å². The van der Waals surface area contributed by atoms with Gasteiger partial charge in [-0.1, -0.05) is 0 Å². The second-order valence-electron chi connectivity index (χ2n) is 0.939. The number of carbonyl (C=O) groups excluding carboxylic acids is 1. The van der Waals surface area contributed by atoms with Gasteiger partial charge in [0.2, 0.25) is 0 Å². The molecule has 0 aromatic carbocycles. The number of rotatable bonds is 0. The average Bonchev–Trinajstić information content (AvgIpc) is 1.19. The molecule has 0 atom stereocenters. The van der Waals surface area contributed by atoms with Crippen LogP contribution < -0.4 is 19.8 Å². The molecule has 0 amide bonds. The summed E-state index contributed by atoms with van der Waals surface area (Å²) in [6.07, 6.45) is 0. The minimum atomic E-state index is -5.39. The van der Waals surface area contributed by atoms with Crippen molar-refractivity contribution in [2.45, 2.75) is 6.92 Å². The van der Waals surface area contributed by atoms with Crippen molar-refractivity contribution in [3.05, 3.63) is 0 Å². The molecule has 0 bridgehead atoms. The van der Waals surface area contributed by atoms with E-state index in [1.54, 1.807) is 0 Å². The Morgan fingerprint density at radius 3 is 1.30 bits per heavy atom. The minimum Gasteiger partial charge on any atom is -0.822 e. The number of carboxylic acid groups (broad SMARTS) is 1. The molecule has 0 rings (SSSR count). The standard InChI is InChI=1S/C2H4O2.Mn.H3O4P/c1-2(3)4;;1-5(2,3)4/h1H3,(H,3,4);;(H3,1,2,3,4)/q;+2;/p-4. The molecule has 1 radical (unpaired) electrons. The average molecular weight is 209 g/mol. The molecule has 10 heavy (non-hydrogen) atoms. The van der Waals surface area contributed by atoms with E-state index in [2.05, 4.69) is 0 Å². The summed E-state index contributed by atoms with van der Waals surface area (Å²) in [5.41, 5.74) is 0. The fraction of sp³-hybridized carbons (Fsp3) is 0.500. The molecule has 0 saturated heterocycles. The van der Waals surface area contributed by atoms with Crippen LogP contribution >= 0.6 is 7.82 Å². The van der Waals surface area contributed by atoms with E-state index in [0.717, 1.165) is 6.92 Å². The smallest absolute Gasteiger partial charge is 0.822 e. The van der Waals surface area contributed by atoms with Crippen molar-refractivity contribution in [1.29, 1.82) is 0 Å². The SMILES string of the molecule is CC(=O)[O-].O=P([O-])([O-])[O-].[Mn+2]. The predicted octanol–water partition coefficient (Wildman–Crippen LogP) is -4.07. The van der Waals surface area contributed by atoms with E-state index in [9.17, 15) is 0 Å². The minimum absolute atomic E-state index is 0. The monoisotopic (exact) mass is 209 g/mol. The summed E-state index contributed by atoms with van der Waals surface area (Å²) in [5, 5.41) is 8.89. The zero-order valence-electron chi connectivity index (χ0n) is 4.77. The van der Waals surface area contributed by atoms with Crippen LogP contribution in [-0.4, -0.2) is 5.97 Å². The van der Waals surface area contributed by atoms with Crippen LogP contribution in [0.15, 0.2) is 0 Å². The maximum Gasteiger partial charge on any atom is 2.00 e. The van der Waals surface area contributed by atoms with Gasteiger partial charge in [-0.15, -0.1) is 0 Å². The molecule has 6 nitrogen and oxygen atoms in total. The van der Waals surface area contributed by atoms with Crippen LogP contribution in [0.4, 0.5) is 0 Å². The Morgan fingerprint density at radius 2 is 1.30 bits per heavy atom. The van der Waals surface area contributed by atoms with E-state index in [1.165, 1.54) is 0 Å². The Bertz CT molecular complexity index is 115. The fourth-order valence-corrected chi connectivity index (χ4v) is 0. The zero-order chi connectivity index (χ0) is 8.08. The maximum atomic E-state index is 8.89. The van der Waals surface area contributed by atoms with Gasteiger partial charge in [-0.25, -0.2) is 0 Å². The summed E-state index contributed by atoms with van der Waals surface area (Å²) < 4.78 is 8.55. The van der Waals surface area contributed by atoms with Crippen LogP contribution in [0.25, 0.3) is 0 Å². The van der Waals surface area contributed by atoms with Crippen LogP contribution in [0.5, 0.6) is 0 Å². The predicted molar refractivity (Wildman–Crippen MR) is 18.3 cm³/mol. The number of carbonyl (C=O) groups is 1. The van der Waals surface area contributed by atoms with Crippen molar-refractivity contribution >= 4 is 13.8 Å². The van der Waals surface area contributed by atoms with Gasteiger partial charge >= 0.3 is 17.1 Å². The quantitative estimate of drug-likeness (QED) is 0.295. The molecule has 61 valence electrons. The van der Waals surface area contributed by atoms with Crippen LogP contribution in [0.2, 0.25) is 0 Å². The molecule has 0 unspecified atom stereocenters. The van der Waals surface area contributed by atoms with Crippen LogP contribution in [-0.2, 0) is 26.4 Å². The van der Waals surface area contributed by atoms with Gasteiger partial charge in [-0.05, 0) is 6.92 Å². The molecule has 0 fully saturated rings. The van der Waals surface area contributed by atoms with Crippen molar-refractivity contribution < 1.29 is 46.2 Å². The normalized spacial score (nSPS) is 8.40. The van der Waals surface area contributed by atoms with Gasteiger partial charge in [0.15, 0.2) is 0 Å². The van der Waals surface area contributed by atoms with Crippen LogP contribution in [0, 0.1) is 0 Å². The second kappa shape index (κ2) is 7.21. The summed E-state index contributed by atoms with van der Waals surface area (Å²) in [7, 11) is -5.39. The van der Waals surface area contributed by atoms with E-state index in [4.69, 9.17) is 29.1 Å². The summed E-state index contributed by atoms with van der Waals surface area (Å²) >= 11 is 0. The van der Waals surface area contributed by atoms with Gasteiger partial charge in [0, 0.05) is 5.97 Å². The number of hydrogen-bond acceptors (Lipinski definition) is 6. The van der Waals surface area contributed by atoms with Gasteiger partial charge in [0.1, 0.15) is 0 Å². The molecule has 0 saturated carbocycles. The molecule has 0 aliphatic heterocycles. The van der Waals surface area contributed by atoms with Crippen LogP contribution in [0.3, 0.4) is 0 Å². The van der Waals surface area contributed by atoms with Gasteiger partial charge in [0.05, 0.1) is 0 Å². The third-order valence-corrected chi connectivity index (χ3v) is 0. The third kappa shape index (κ3) is 41300. The van der Waals surface area contributed by atoms with E-state index in [0.29, 0.717) is 0 Å². The van der Waals surface area contributed by atoms with E-state index >= 15 is 0 Å². The Morgan fingerprint density at radius 1 is 1.30 bits per heavy atom. The Kier molecular flexibility index (Phi) is 12.0. The molecule has 8 heteroatoms. The molecule has 0 spiro atoms. The van der Waals surface area contributed by atoms with E-state index < -0.39 is 13.8 Å². The zero-order valence-corrected chi connectivity index (χ0v) is 6.85. The number of carboxylic acids is 1. The van der Waals surface area contributed by atoms with Crippen molar-refractivity contribution in [3.63, 3.8) is 0 Å². The number of hydrogen-bond donors (Lipinski definition) is 0. The molecule has 0 N–H and O–H groups in total. The van der Waals surface area contributed by atoms with Crippen molar-refractivity contribution in [2.75, 3.05) is 0 Å². The molecular weight excluding hydrogens is 206 g/mol. The molecule has 0 aromatic heterocycles. The van der Waals surface area contributed by atoms with Gasteiger partial charge in [-0.3, -0.25) is 0 Å². The summed E-state index contributed by atoms with van der Waals surface area (Å²) in [6, 6.07) is 0. The van der Waals surface area contributed by atoms with E-state index in [-0.39, 0.29) is 17.1 Å². The second-order valence-corrected chi connectivity index (χ2v) is 1.83. The van der Waals surface area contributed by atoms with Gasteiger partial charge in [-0.2, -0.15) is 7.82 Å². The topological polar surface area (TPSA) is 126 Å². The largest absolute Gasteiger partial charge is 2.00 e. The first-order chi connectivity index (χ1) is 3.73. The van der Waals surface area contributed by atoms with Crippen molar-refractivity contribution in [1.82, 2.24) is 0 Å². The first kappa shape index (κ1) is 16.6. The van der Waals surface area contributed by atoms with E-state index in [1.807, 2.05) is 0 Å². The first-order valence-corrected chi connectivity index (χ1v) is 3.10. The van der Waals surface area contributed by atoms with Crippen molar-refractivity contribution in [3.8, 4) is 0 Å². The third-order valence-electron chi connectivity index (χ3n) is 0. The summed E-state index contributed by atoms with van der Waals surface area (Å²) in [5.74, 6) is -1.08. The first-order valence-electron chi connectivity index (χ1n) is 1.64. The fourth-order valence-electron chi connectivity index (χ4n) is 0. The molecule has 0 heterocycles. The molecule has 0 aliphatic rings. The Hall–Kier alpha value is 0.0995. The van der Waals surface area contributed by atoms with Gasteiger partial charge in [0.25, 0.3) is 0 Å².